The van der Waals surface area contributed by atoms with Crippen LogP contribution in [0.5, 0.6) is 5.75 Å². The van der Waals surface area contributed by atoms with Crippen LogP contribution < -0.4 is 9.15 Å². The number of anilines is 1. The highest BCUT2D eigenvalue weighted by Crippen LogP contribution is 2.38. The molecule has 1 aromatic rings. The van der Waals surface area contributed by atoms with E-state index in [9.17, 15) is 18.3 Å². The molecule has 8 heteroatoms. The van der Waals surface area contributed by atoms with Gasteiger partial charge in [-0.15, -0.1) is 0 Å². The summed E-state index contributed by atoms with van der Waals surface area (Å²) in [6.07, 6.45) is 1.01. The second kappa shape index (κ2) is 5.92. The predicted octanol–water partition coefficient (Wildman–Crippen LogP) is 3.14. The number of hydrogen-bond donors (Lipinski definition) is 2. The van der Waals surface area contributed by atoms with Crippen LogP contribution in [0.25, 0.3) is 0 Å². The number of carbonyl (C=O) groups is 1. The van der Waals surface area contributed by atoms with Crippen LogP contribution in [0.4, 0.5) is 5.69 Å². The van der Waals surface area contributed by atoms with E-state index in [4.69, 9.17) is 4.43 Å². The second-order valence-corrected chi connectivity index (χ2v) is 13.2. The van der Waals surface area contributed by atoms with Crippen LogP contribution in [0.3, 0.4) is 0 Å². The van der Waals surface area contributed by atoms with Gasteiger partial charge in [-0.25, -0.2) is 13.2 Å². The SMILES string of the molecule is CC(C)(C)[Si](C)(C)Oc1ccc(NS(C)(=O)=O)cc1C(=O)O. The van der Waals surface area contributed by atoms with Crippen LogP contribution in [0.2, 0.25) is 18.1 Å². The number of hydrogen-bond acceptors (Lipinski definition) is 4. The Morgan fingerprint density at radius 1 is 1.27 bits per heavy atom. The zero-order valence-electron chi connectivity index (χ0n) is 13.7. The normalized spacial score (nSPS) is 12.8. The van der Waals surface area contributed by atoms with Crippen LogP contribution in [0, 0.1) is 0 Å². The molecule has 0 fully saturated rings. The molecule has 0 saturated carbocycles. The number of sulfonamides is 1. The van der Waals surface area contributed by atoms with Gasteiger partial charge in [-0.05, 0) is 36.3 Å². The van der Waals surface area contributed by atoms with Gasteiger partial charge >= 0.3 is 5.97 Å². The molecule has 2 N–H and O–H groups in total. The fourth-order valence-corrected chi connectivity index (χ4v) is 3.08. The molecule has 0 atom stereocenters. The van der Waals surface area contributed by atoms with Gasteiger partial charge in [0.05, 0.1) is 6.26 Å². The van der Waals surface area contributed by atoms with Crippen molar-refractivity contribution in [1.29, 1.82) is 0 Å². The maximum Gasteiger partial charge on any atom is 0.339 e. The smallest absolute Gasteiger partial charge is 0.339 e. The van der Waals surface area contributed by atoms with Crippen LogP contribution >= 0.6 is 0 Å². The molecule has 0 aliphatic heterocycles. The third kappa shape index (κ3) is 4.74. The third-order valence-electron chi connectivity index (χ3n) is 3.68. The first kappa shape index (κ1) is 18.5. The van der Waals surface area contributed by atoms with Gasteiger partial charge < -0.3 is 9.53 Å². The Kier molecular flexibility index (Phi) is 4.98. The van der Waals surface area contributed by atoms with Crippen molar-refractivity contribution >= 4 is 30.0 Å². The number of aromatic carboxylic acids is 1. The van der Waals surface area contributed by atoms with Crippen LogP contribution in [-0.4, -0.2) is 34.1 Å². The topological polar surface area (TPSA) is 92.7 Å². The van der Waals surface area contributed by atoms with E-state index in [0.29, 0.717) is 0 Å². The zero-order valence-corrected chi connectivity index (χ0v) is 15.5. The van der Waals surface area contributed by atoms with Gasteiger partial charge in [0.15, 0.2) is 0 Å². The molecular weight excluding hydrogens is 322 g/mol. The average Bonchev–Trinajstić information content (AvgIpc) is 2.27. The summed E-state index contributed by atoms with van der Waals surface area (Å²) < 4.78 is 30.8. The maximum atomic E-state index is 11.4. The van der Waals surface area contributed by atoms with Crippen LogP contribution in [-0.2, 0) is 10.0 Å². The van der Waals surface area contributed by atoms with Crippen molar-refractivity contribution in [1.82, 2.24) is 0 Å². The fourth-order valence-electron chi connectivity index (χ4n) is 1.49. The molecule has 1 aromatic carbocycles. The van der Waals surface area contributed by atoms with E-state index >= 15 is 0 Å². The Morgan fingerprint density at radius 2 is 1.82 bits per heavy atom. The molecule has 0 heterocycles. The Labute approximate surface area is 132 Å². The molecule has 0 aliphatic rings. The summed E-state index contributed by atoms with van der Waals surface area (Å²) in [7, 11) is -5.66. The summed E-state index contributed by atoms with van der Waals surface area (Å²) in [5, 5.41) is 9.27. The molecule has 0 saturated heterocycles. The molecule has 0 radical (unpaired) electrons. The van der Waals surface area contributed by atoms with Gasteiger partial charge in [0.1, 0.15) is 11.3 Å². The molecule has 6 nitrogen and oxygen atoms in total. The number of carboxylic acid groups (broad SMARTS) is 1. The molecule has 0 aliphatic carbocycles. The van der Waals surface area contributed by atoms with E-state index in [1.54, 1.807) is 0 Å². The monoisotopic (exact) mass is 345 g/mol. The van der Waals surface area contributed by atoms with Gasteiger partial charge in [-0.3, -0.25) is 4.72 Å². The van der Waals surface area contributed by atoms with E-state index in [1.807, 2.05) is 13.1 Å². The third-order valence-corrected chi connectivity index (χ3v) is 8.63. The van der Waals surface area contributed by atoms with Crippen molar-refractivity contribution in [3.05, 3.63) is 23.8 Å². The molecule has 0 aromatic heterocycles. The predicted molar refractivity (Wildman–Crippen MR) is 89.7 cm³/mol. The Morgan fingerprint density at radius 3 is 2.23 bits per heavy atom. The molecular formula is C14H23NO5SSi. The first-order valence-electron chi connectivity index (χ1n) is 6.77. The first-order valence-corrected chi connectivity index (χ1v) is 11.6. The van der Waals surface area contributed by atoms with Crippen molar-refractivity contribution in [2.45, 2.75) is 38.9 Å². The zero-order chi connectivity index (χ0) is 17.3. The highest BCUT2D eigenvalue weighted by atomic mass is 32.2. The lowest BCUT2D eigenvalue weighted by Crippen LogP contribution is -2.44. The van der Waals surface area contributed by atoms with Gasteiger partial charge in [-0.2, -0.15) is 0 Å². The molecule has 0 amide bonds. The number of benzene rings is 1. The van der Waals surface area contributed by atoms with Crippen molar-refractivity contribution in [3.63, 3.8) is 0 Å². The molecule has 0 bridgehead atoms. The Balaban J connectivity index is 3.25. The summed E-state index contributed by atoms with van der Waals surface area (Å²) in [6.45, 7) is 10.2. The summed E-state index contributed by atoms with van der Waals surface area (Å²) in [6, 6.07) is 4.26. The summed E-state index contributed by atoms with van der Waals surface area (Å²) in [5.41, 5.74) is 0.140. The van der Waals surface area contributed by atoms with Crippen molar-refractivity contribution in [2.24, 2.45) is 0 Å². The first-order chi connectivity index (χ1) is 9.73. The number of carboxylic acids is 1. The van der Waals surface area contributed by atoms with Gasteiger partial charge in [0, 0.05) is 5.69 Å². The van der Waals surface area contributed by atoms with Crippen LogP contribution in [0.15, 0.2) is 18.2 Å². The van der Waals surface area contributed by atoms with Crippen molar-refractivity contribution < 1.29 is 22.7 Å². The highest BCUT2D eigenvalue weighted by Gasteiger charge is 2.39. The van der Waals surface area contributed by atoms with E-state index in [2.05, 4.69) is 25.5 Å². The fraction of sp³-hybridized carbons (Fsp3) is 0.500. The number of nitrogens with one attached hydrogen (secondary N) is 1. The molecule has 1 rings (SSSR count). The maximum absolute atomic E-state index is 11.4. The minimum absolute atomic E-state index is 0.0570. The van der Waals surface area contributed by atoms with E-state index in [-0.39, 0.29) is 22.0 Å². The second-order valence-electron chi connectivity index (χ2n) is 6.75. The summed E-state index contributed by atoms with van der Waals surface area (Å²) >= 11 is 0. The molecule has 0 unspecified atom stereocenters. The summed E-state index contributed by atoms with van der Waals surface area (Å²) in [5.74, 6) is -0.899. The highest BCUT2D eigenvalue weighted by molar-refractivity contribution is 7.92. The van der Waals surface area contributed by atoms with E-state index < -0.39 is 24.3 Å². The number of rotatable bonds is 5. The molecule has 22 heavy (non-hydrogen) atoms. The standard InChI is InChI=1S/C14H23NO5SSi/c1-14(2,3)22(5,6)20-12-8-7-10(15-21(4,18)19)9-11(12)13(16)17/h7-9,15H,1-6H3,(H,16,17). The average molecular weight is 345 g/mol. The molecule has 124 valence electrons. The summed E-state index contributed by atoms with van der Waals surface area (Å²) in [4.78, 5) is 11.4. The molecule has 0 spiro atoms. The van der Waals surface area contributed by atoms with Crippen molar-refractivity contribution in [3.8, 4) is 5.75 Å². The lowest BCUT2D eigenvalue weighted by atomic mass is 10.2. The Hall–Kier alpha value is -1.54. The minimum atomic E-state index is -3.47. The minimum Gasteiger partial charge on any atom is -0.543 e. The lowest BCUT2D eigenvalue weighted by Gasteiger charge is -2.36. The van der Waals surface area contributed by atoms with Crippen LogP contribution in [0.1, 0.15) is 31.1 Å². The van der Waals surface area contributed by atoms with E-state index in [0.717, 1.165) is 6.26 Å². The van der Waals surface area contributed by atoms with Gasteiger partial charge in [0.25, 0.3) is 8.32 Å². The van der Waals surface area contributed by atoms with Crippen molar-refractivity contribution in [2.75, 3.05) is 11.0 Å². The largest absolute Gasteiger partial charge is 0.543 e. The van der Waals surface area contributed by atoms with Gasteiger partial charge in [0.2, 0.25) is 10.0 Å². The Bertz CT molecular complexity index is 677. The van der Waals surface area contributed by atoms with Gasteiger partial charge in [-0.1, -0.05) is 20.8 Å². The quantitative estimate of drug-likeness (QED) is 0.800. The van der Waals surface area contributed by atoms with E-state index in [1.165, 1.54) is 18.2 Å². The lowest BCUT2D eigenvalue weighted by molar-refractivity contribution is 0.0694.